The monoisotopic (exact) mass is 456 g/mol. The fourth-order valence-corrected chi connectivity index (χ4v) is 4.99. The standard InChI is InChI=1S/C21H24N4O4SSi/c1-28-16-5-6-22-14-9-17(30-19(14)16)15-10-23-20-18(24-15)13(21(26)27)11-25(20)12-29-7-8-31(2,3)4/h5-6,9-11H,7-8,12H2,1-4H3,(H,26,27). The Kier molecular flexibility index (Phi) is 5.78. The van der Waals surface area contributed by atoms with Crippen molar-refractivity contribution in [3.8, 4) is 16.3 Å². The second-order valence-corrected chi connectivity index (χ2v) is 15.1. The van der Waals surface area contributed by atoms with Crippen LogP contribution in [0.4, 0.5) is 0 Å². The highest BCUT2D eigenvalue weighted by atomic mass is 32.1. The zero-order chi connectivity index (χ0) is 22.2. The normalized spacial score (nSPS) is 12.0. The molecule has 0 radical (unpaired) electrons. The molecule has 0 unspecified atom stereocenters. The highest BCUT2D eigenvalue weighted by Crippen LogP contribution is 2.37. The van der Waals surface area contributed by atoms with E-state index < -0.39 is 14.0 Å². The summed E-state index contributed by atoms with van der Waals surface area (Å²) in [5, 5.41) is 9.68. The first-order chi connectivity index (χ1) is 14.8. The van der Waals surface area contributed by atoms with Crippen LogP contribution < -0.4 is 4.74 Å². The van der Waals surface area contributed by atoms with Gasteiger partial charge in [-0.2, -0.15) is 0 Å². The van der Waals surface area contributed by atoms with Gasteiger partial charge in [0.1, 0.15) is 23.6 Å². The van der Waals surface area contributed by atoms with Crippen molar-refractivity contribution < 1.29 is 19.4 Å². The van der Waals surface area contributed by atoms with Gasteiger partial charge in [0.15, 0.2) is 5.65 Å². The molecule has 4 rings (SSSR count). The number of carbonyl (C=O) groups is 1. The average molecular weight is 457 g/mol. The molecule has 0 amide bonds. The summed E-state index contributed by atoms with van der Waals surface area (Å²) in [6.45, 7) is 7.74. The van der Waals surface area contributed by atoms with E-state index in [2.05, 4.69) is 34.6 Å². The minimum Gasteiger partial charge on any atom is -0.495 e. The van der Waals surface area contributed by atoms with E-state index in [1.54, 1.807) is 30.3 Å². The van der Waals surface area contributed by atoms with E-state index in [0.717, 1.165) is 26.9 Å². The number of hydrogen-bond donors (Lipinski definition) is 1. The Morgan fingerprint density at radius 3 is 2.81 bits per heavy atom. The summed E-state index contributed by atoms with van der Waals surface area (Å²) >= 11 is 1.49. The Hall–Kier alpha value is -2.82. The number of hydrogen-bond acceptors (Lipinski definition) is 7. The highest BCUT2D eigenvalue weighted by Gasteiger charge is 2.19. The maximum absolute atomic E-state index is 11.8. The Morgan fingerprint density at radius 1 is 1.29 bits per heavy atom. The highest BCUT2D eigenvalue weighted by molar-refractivity contribution is 7.22. The first-order valence-corrected chi connectivity index (χ1v) is 14.4. The van der Waals surface area contributed by atoms with Crippen molar-refractivity contribution in [2.45, 2.75) is 32.4 Å². The quantitative estimate of drug-likeness (QED) is 0.302. The van der Waals surface area contributed by atoms with Crippen molar-refractivity contribution in [3.63, 3.8) is 0 Å². The third kappa shape index (κ3) is 4.46. The van der Waals surface area contributed by atoms with Gasteiger partial charge in [0.25, 0.3) is 0 Å². The number of nitrogens with zero attached hydrogens (tertiary/aromatic N) is 4. The van der Waals surface area contributed by atoms with Crippen LogP contribution in [0.25, 0.3) is 32.0 Å². The van der Waals surface area contributed by atoms with Crippen molar-refractivity contribution >= 4 is 46.8 Å². The van der Waals surface area contributed by atoms with Crippen LogP contribution in [0.3, 0.4) is 0 Å². The lowest BCUT2D eigenvalue weighted by molar-refractivity contribution is 0.0696. The topological polar surface area (TPSA) is 99.4 Å². The van der Waals surface area contributed by atoms with Crippen LogP contribution in [0.15, 0.2) is 30.7 Å². The average Bonchev–Trinajstić information content (AvgIpc) is 3.31. The summed E-state index contributed by atoms with van der Waals surface area (Å²) in [6.07, 6.45) is 4.89. The van der Waals surface area contributed by atoms with Gasteiger partial charge in [0.05, 0.1) is 34.1 Å². The number of fused-ring (bicyclic) bond motifs is 2. The number of ether oxygens (including phenoxy) is 2. The van der Waals surface area contributed by atoms with Crippen molar-refractivity contribution in [1.82, 2.24) is 19.5 Å². The molecule has 0 aromatic carbocycles. The molecule has 0 saturated carbocycles. The van der Waals surface area contributed by atoms with E-state index in [4.69, 9.17) is 9.47 Å². The molecule has 0 aliphatic rings. The zero-order valence-corrected chi connectivity index (χ0v) is 19.7. The van der Waals surface area contributed by atoms with Gasteiger partial charge in [-0.15, -0.1) is 11.3 Å². The lowest BCUT2D eigenvalue weighted by Crippen LogP contribution is -2.22. The zero-order valence-electron chi connectivity index (χ0n) is 17.9. The lowest BCUT2D eigenvalue weighted by Gasteiger charge is -2.15. The predicted molar refractivity (Wildman–Crippen MR) is 124 cm³/mol. The van der Waals surface area contributed by atoms with Crippen LogP contribution >= 0.6 is 11.3 Å². The fourth-order valence-electron chi connectivity index (χ4n) is 3.17. The summed E-state index contributed by atoms with van der Waals surface area (Å²) < 4.78 is 13.8. The molecule has 10 heteroatoms. The van der Waals surface area contributed by atoms with Crippen LogP contribution in [0.5, 0.6) is 5.75 Å². The number of thiophene rings is 1. The molecule has 4 heterocycles. The molecule has 31 heavy (non-hydrogen) atoms. The molecule has 4 aromatic heterocycles. The first kappa shape index (κ1) is 21.4. The number of rotatable bonds is 8. The predicted octanol–water partition coefficient (Wildman–Crippen LogP) is 4.73. The van der Waals surface area contributed by atoms with Crippen molar-refractivity contribution in [2.24, 2.45) is 0 Å². The Bertz CT molecular complexity index is 1260. The van der Waals surface area contributed by atoms with E-state index in [-0.39, 0.29) is 12.3 Å². The van der Waals surface area contributed by atoms with E-state index in [0.29, 0.717) is 23.5 Å². The molecular weight excluding hydrogens is 432 g/mol. The van der Waals surface area contributed by atoms with Gasteiger partial charge in [-0.05, 0) is 18.2 Å². The number of pyridine rings is 1. The minimum absolute atomic E-state index is 0.106. The molecule has 0 aliphatic carbocycles. The van der Waals surface area contributed by atoms with Crippen molar-refractivity contribution in [3.05, 3.63) is 36.3 Å². The maximum atomic E-state index is 11.8. The Morgan fingerprint density at radius 2 is 2.10 bits per heavy atom. The number of aromatic carboxylic acids is 1. The van der Waals surface area contributed by atoms with E-state index in [1.807, 2.05) is 12.1 Å². The van der Waals surface area contributed by atoms with Gasteiger partial charge in [-0.1, -0.05) is 19.6 Å². The molecule has 1 N–H and O–H groups in total. The van der Waals surface area contributed by atoms with E-state index in [1.165, 1.54) is 11.3 Å². The third-order valence-electron chi connectivity index (χ3n) is 4.87. The van der Waals surface area contributed by atoms with Crippen LogP contribution in [0.1, 0.15) is 10.4 Å². The fraction of sp³-hybridized carbons (Fsp3) is 0.333. The molecule has 162 valence electrons. The molecule has 0 spiro atoms. The van der Waals surface area contributed by atoms with Crippen molar-refractivity contribution in [2.75, 3.05) is 13.7 Å². The molecule has 0 fully saturated rings. The first-order valence-electron chi connectivity index (χ1n) is 9.86. The lowest BCUT2D eigenvalue weighted by atomic mass is 10.3. The van der Waals surface area contributed by atoms with Gasteiger partial charge < -0.3 is 19.1 Å². The maximum Gasteiger partial charge on any atom is 0.339 e. The van der Waals surface area contributed by atoms with E-state index in [9.17, 15) is 9.90 Å². The number of carboxylic acid groups (broad SMARTS) is 1. The number of carboxylic acids is 1. The summed E-state index contributed by atoms with van der Waals surface area (Å²) in [6, 6.07) is 4.76. The van der Waals surface area contributed by atoms with Gasteiger partial charge >= 0.3 is 5.97 Å². The summed E-state index contributed by atoms with van der Waals surface area (Å²) in [5.41, 5.74) is 2.34. The van der Waals surface area contributed by atoms with Gasteiger partial charge in [-0.25, -0.2) is 14.8 Å². The Labute approximate surface area is 184 Å². The summed E-state index contributed by atoms with van der Waals surface area (Å²) in [5.74, 6) is -0.305. The largest absolute Gasteiger partial charge is 0.495 e. The smallest absolute Gasteiger partial charge is 0.339 e. The van der Waals surface area contributed by atoms with E-state index >= 15 is 0 Å². The third-order valence-corrected chi connectivity index (χ3v) is 7.74. The second-order valence-electron chi connectivity index (χ2n) is 8.43. The van der Waals surface area contributed by atoms with Crippen LogP contribution in [-0.2, 0) is 11.5 Å². The molecule has 8 nitrogen and oxygen atoms in total. The molecular formula is C21H24N4O4SSi. The SMILES string of the molecule is COc1ccnc2cc(-c3cnc4c(n3)c(C(=O)O)cn4COCC[Si](C)(C)C)sc12. The van der Waals surface area contributed by atoms with Gasteiger partial charge in [0.2, 0.25) is 0 Å². The minimum atomic E-state index is -1.20. The molecule has 0 atom stereocenters. The van der Waals surface area contributed by atoms with Gasteiger partial charge in [-0.3, -0.25) is 4.98 Å². The van der Waals surface area contributed by atoms with Crippen LogP contribution in [0, 0.1) is 0 Å². The van der Waals surface area contributed by atoms with Crippen LogP contribution in [0.2, 0.25) is 25.7 Å². The summed E-state index contributed by atoms with van der Waals surface area (Å²) in [7, 11) is 0.422. The number of methoxy groups -OCH3 is 1. The van der Waals surface area contributed by atoms with Gasteiger partial charge in [0, 0.05) is 27.1 Å². The molecule has 0 saturated heterocycles. The number of aromatic nitrogens is 4. The van der Waals surface area contributed by atoms with Crippen molar-refractivity contribution in [1.29, 1.82) is 0 Å². The molecule has 4 aromatic rings. The molecule has 0 bridgehead atoms. The van der Waals surface area contributed by atoms with Crippen LogP contribution in [-0.4, -0.2) is 52.4 Å². The Balaban J connectivity index is 1.68. The second kappa shape index (κ2) is 8.37. The molecule has 0 aliphatic heterocycles. The summed E-state index contributed by atoms with van der Waals surface area (Å²) in [4.78, 5) is 26.2.